The van der Waals surface area contributed by atoms with E-state index in [0.29, 0.717) is 22.1 Å². The second-order valence-corrected chi connectivity index (χ2v) is 8.81. The number of nitrogens with one attached hydrogen (secondary N) is 1. The fraction of sp³-hybridized carbons (Fsp3) is 0.217. The third-order valence-corrected chi connectivity index (χ3v) is 5.07. The average Bonchev–Trinajstić information content (AvgIpc) is 3.14. The largest absolute Gasteiger partial charge is 0.325 e. The molecule has 1 aromatic carbocycles. The van der Waals surface area contributed by atoms with Gasteiger partial charge in [0.2, 0.25) is 11.9 Å². The smallest absolute Gasteiger partial charge is 0.229 e. The van der Waals surface area contributed by atoms with Crippen molar-refractivity contribution >= 4 is 28.8 Å². The van der Waals surface area contributed by atoms with Crippen LogP contribution in [0.5, 0.6) is 0 Å². The Labute approximate surface area is 184 Å². The predicted octanol–water partition coefficient (Wildman–Crippen LogP) is 5.54. The van der Waals surface area contributed by atoms with Gasteiger partial charge in [0.25, 0.3) is 0 Å². The molecule has 31 heavy (non-hydrogen) atoms. The van der Waals surface area contributed by atoms with E-state index >= 15 is 0 Å². The van der Waals surface area contributed by atoms with Gasteiger partial charge in [0.15, 0.2) is 5.65 Å². The highest BCUT2D eigenvalue weighted by molar-refractivity contribution is 6.30. The van der Waals surface area contributed by atoms with Crippen LogP contribution in [0.15, 0.2) is 48.8 Å². The zero-order valence-corrected chi connectivity index (χ0v) is 18.3. The monoisotopic (exact) mass is 437 g/mol. The first-order valence-corrected chi connectivity index (χ1v) is 10.1. The molecule has 0 atom stereocenters. The zero-order chi connectivity index (χ0) is 22.3. The molecule has 4 aromatic rings. The molecule has 0 fully saturated rings. The van der Waals surface area contributed by atoms with E-state index in [1.165, 1.54) is 12.3 Å². The molecule has 0 aliphatic carbocycles. The van der Waals surface area contributed by atoms with Crippen molar-refractivity contribution < 1.29 is 9.18 Å². The van der Waals surface area contributed by atoms with Gasteiger partial charge in [-0.15, -0.1) is 0 Å². The second kappa shape index (κ2) is 7.74. The molecule has 0 saturated heterocycles. The lowest BCUT2D eigenvalue weighted by molar-refractivity contribution is -0.123. The number of carbonyl (C=O) groups is 1. The highest BCUT2D eigenvalue weighted by Crippen LogP contribution is 2.28. The molecule has 3 heterocycles. The van der Waals surface area contributed by atoms with Crippen LogP contribution in [-0.2, 0) is 4.79 Å². The summed E-state index contributed by atoms with van der Waals surface area (Å²) in [6, 6.07) is 10.7. The number of aryl methyl sites for hydroxylation is 1. The molecule has 158 valence electrons. The maximum Gasteiger partial charge on any atom is 0.229 e. The SMILES string of the molecule is Cc1ccc(-c2cn3nc(-c4cc(Cl)cnc4F)ccc3n2)cc1NC(=O)C(C)(C)C. The van der Waals surface area contributed by atoms with E-state index in [2.05, 4.69) is 20.4 Å². The Kier molecular flexibility index (Phi) is 5.23. The molecule has 0 saturated carbocycles. The normalized spacial score (nSPS) is 11.7. The van der Waals surface area contributed by atoms with Crippen LogP contribution in [0.25, 0.3) is 28.2 Å². The van der Waals surface area contributed by atoms with Crippen LogP contribution >= 0.6 is 11.6 Å². The Bertz CT molecular complexity index is 1310. The van der Waals surface area contributed by atoms with Crippen LogP contribution in [0.1, 0.15) is 26.3 Å². The van der Waals surface area contributed by atoms with Crippen molar-refractivity contribution in [2.75, 3.05) is 5.32 Å². The van der Waals surface area contributed by atoms with Gasteiger partial charge in [0.1, 0.15) is 0 Å². The number of hydrogen-bond acceptors (Lipinski definition) is 4. The minimum absolute atomic E-state index is 0.0637. The molecule has 0 aliphatic rings. The van der Waals surface area contributed by atoms with Gasteiger partial charge in [0.05, 0.1) is 28.2 Å². The maximum atomic E-state index is 14.1. The van der Waals surface area contributed by atoms with E-state index in [1.807, 2.05) is 45.9 Å². The third kappa shape index (κ3) is 4.27. The summed E-state index contributed by atoms with van der Waals surface area (Å²) in [7, 11) is 0. The lowest BCUT2D eigenvalue weighted by atomic mass is 9.95. The highest BCUT2D eigenvalue weighted by Gasteiger charge is 2.22. The van der Waals surface area contributed by atoms with Gasteiger partial charge in [-0.3, -0.25) is 4.79 Å². The Morgan fingerprint density at radius 3 is 2.65 bits per heavy atom. The van der Waals surface area contributed by atoms with Crippen LogP contribution in [0.2, 0.25) is 5.02 Å². The fourth-order valence-electron chi connectivity index (χ4n) is 2.99. The van der Waals surface area contributed by atoms with Crippen LogP contribution in [0.3, 0.4) is 0 Å². The van der Waals surface area contributed by atoms with Crippen molar-refractivity contribution in [3.05, 3.63) is 65.3 Å². The van der Waals surface area contributed by atoms with Gasteiger partial charge < -0.3 is 5.32 Å². The molecule has 6 nitrogen and oxygen atoms in total. The highest BCUT2D eigenvalue weighted by atomic mass is 35.5. The van der Waals surface area contributed by atoms with E-state index in [4.69, 9.17) is 11.6 Å². The van der Waals surface area contributed by atoms with E-state index in [-0.39, 0.29) is 11.5 Å². The van der Waals surface area contributed by atoms with E-state index in [1.54, 1.807) is 22.8 Å². The molecule has 0 unspecified atom stereocenters. The Balaban J connectivity index is 1.71. The number of anilines is 1. The number of fused-ring (bicyclic) bond motifs is 1. The number of carbonyl (C=O) groups excluding carboxylic acids is 1. The summed E-state index contributed by atoms with van der Waals surface area (Å²) in [6.07, 6.45) is 3.01. The first kappa shape index (κ1) is 20.9. The van der Waals surface area contributed by atoms with Crippen molar-refractivity contribution in [1.82, 2.24) is 19.6 Å². The lowest BCUT2D eigenvalue weighted by Crippen LogP contribution is -2.27. The quantitative estimate of drug-likeness (QED) is 0.427. The fourth-order valence-corrected chi connectivity index (χ4v) is 3.15. The van der Waals surface area contributed by atoms with Gasteiger partial charge in [-0.05, 0) is 36.8 Å². The topological polar surface area (TPSA) is 72.2 Å². The van der Waals surface area contributed by atoms with Crippen molar-refractivity contribution in [3.63, 3.8) is 0 Å². The number of rotatable bonds is 3. The van der Waals surface area contributed by atoms with E-state index < -0.39 is 11.4 Å². The summed E-state index contributed by atoms with van der Waals surface area (Å²) in [5.74, 6) is -0.708. The number of aromatic nitrogens is 4. The average molecular weight is 438 g/mol. The van der Waals surface area contributed by atoms with Gasteiger partial charge >= 0.3 is 0 Å². The van der Waals surface area contributed by atoms with Crippen molar-refractivity contribution in [3.8, 4) is 22.5 Å². The minimum Gasteiger partial charge on any atom is -0.325 e. The standard InChI is InChI=1S/C23H21ClFN5O/c1-13-5-6-14(9-18(13)28-22(31)23(2,3)4)19-12-30-20(27-19)8-7-17(29-30)16-10-15(24)11-26-21(16)25/h5-12H,1-4H3,(H,28,31). The third-order valence-electron chi connectivity index (χ3n) is 4.86. The Hall–Kier alpha value is -3.32. The molecule has 1 N–H and O–H groups in total. The summed E-state index contributed by atoms with van der Waals surface area (Å²) in [5.41, 5.74) is 3.91. The Morgan fingerprint density at radius 1 is 1.13 bits per heavy atom. The number of imidazole rings is 1. The second-order valence-electron chi connectivity index (χ2n) is 8.37. The molecule has 0 radical (unpaired) electrons. The molecular weight excluding hydrogens is 417 g/mol. The Morgan fingerprint density at radius 2 is 1.90 bits per heavy atom. The number of hydrogen-bond donors (Lipinski definition) is 1. The predicted molar refractivity (Wildman–Crippen MR) is 119 cm³/mol. The number of pyridine rings is 1. The lowest BCUT2D eigenvalue weighted by Gasteiger charge is -2.19. The number of amides is 1. The van der Waals surface area contributed by atoms with Crippen molar-refractivity contribution in [1.29, 1.82) is 0 Å². The molecule has 4 rings (SSSR count). The summed E-state index contributed by atoms with van der Waals surface area (Å²) in [6.45, 7) is 7.54. The number of benzene rings is 1. The molecule has 0 spiro atoms. The summed E-state index contributed by atoms with van der Waals surface area (Å²) in [4.78, 5) is 20.7. The summed E-state index contributed by atoms with van der Waals surface area (Å²) >= 11 is 5.95. The zero-order valence-electron chi connectivity index (χ0n) is 17.6. The molecule has 8 heteroatoms. The van der Waals surface area contributed by atoms with Crippen molar-refractivity contribution in [2.24, 2.45) is 5.41 Å². The first-order valence-electron chi connectivity index (χ1n) is 9.72. The van der Waals surface area contributed by atoms with Gasteiger partial charge in [-0.1, -0.05) is 44.5 Å². The van der Waals surface area contributed by atoms with E-state index in [9.17, 15) is 9.18 Å². The number of halogens is 2. The van der Waals surface area contributed by atoms with Gasteiger partial charge in [-0.2, -0.15) is 9.49 Å². The summed E-state index contributed by atoms with van der Waals surface area (Å²) < 4.78 is 15.7. The minimum atomic E-state index is -0.644. The van der Waals surface area contributed by atoms with Crippen LogP contribution in [-0.4, -0.2) is 25.5 Å². The molecule has 0 aliphatic heterocycles. The number of nitrogens with zero attached hydrogens (tertiary/aromatic N) is 4. The molecule has 3 aromatic heterocycles. The summed E-state index contributed by atoms with van der Waals surface area (Å²) in [5, 5.41) is 7.77. The van der Waals surface area contributed by atoms with Crippen LogP contribution < -0.4 is 5.32 Å². The van der Waals surface area contributed by atoms with Crippen LogP contribution in [0, 0.1) is 18.3 Å². The first-order chi connectivity index (χ1) is 14.6. The van der Waals surface area contributed by atoms with Gasteiger partial charge in [0, 0.05) is 22.9 Å². The molecule has 1 amide bonds. The van der Waals surface area contributed by atoms with Gasteiger partial charge in [-0.25, -0.2) is 14.5 Å². The van der Waals surface area contributed by atoms with Crippen LogP contribution in [0.4, 0.5) is 10.1 Å². The maximum absolute atomic E-state index is 14.1. The van der Waals surface area contributed by atoms with E-state index in [0.717, 1.165) is 16.8 Å². The molecular formula is C23H21ClFN5O. The molecule has 0 bridgehead atoms. The van der Waals surface area contributed by atoms with Crippen molar-refractivity contribution in [2.45, 2.75) is 27.7 Å².